The Morgan fingerprint density at radius 1 is 0.694 bits per heavy atom. The molecule has 2 amide bonds. The second-order valence-corrected chi connectivity index (χ2v) is 13.8. The van der Waals surface area contributed by atoms with E-state index in [-0.39, 0.29) is 11.7 Å². The van der Waals surface area contributed by atoms with Gasteiger partial charge >= 0.3 is 23.9 Å². The van der Waals surface area contributed by atoms with E-state index in [0.717, 1.165) is 58.7 Å². The summed E-state index contributed by atoms with van der Waals surface area (Å²) in [7, 11) is 0. The largest absolute Gasteiger partial charge is 0.462 e. The zero-order valence-electron chi connectivity index (χ0n) is 30.4. The highest BCUT2D eigenvalue weighted by Gasteiger charge is 2.50. The molecule has 0 aliphatic carbocycles. The van der Waals surface area contributed by atoms with Crippen LogP contribution in [0.25, 0.3) is 0 Å². The first-order valence-electron chi connectivity index (χ1n) is 17.8. The van der Waals surface area contributed by atoms with Crippen LogP contribution in [-0.2, 0) is 47.7 Å². The van der Waals surface area contributed by atoms with E-state index in [2.05, 4.69) is 12.2 Å². The molecule has 6 atom stereocenters. The number of unbranched alkanes of at least 4 members (excludes halogenated alkanes) is 13. The Bertz CT molecular complexity index is 1040. The molecular formula is C35H60N2O11S. The molecule has 0 saturated carbocycles. The number of rotatable bonds is 25. The molecular weight excluding hydrogens is 656 g/mol. The van der Waals surface area contributed by atoms with Crippen LogP contribution >= 0.6 is 11.8 Å². The average Bonchev–Trinajstić information content (AvgIpc) is 3.48. The lowest BCUT2D eigenvalue weighted by Gasteiger charge is -2.38. The van der Waals surface area contributed by atoms with Crippen LogP contribution in [0.1, 0.15) is 131 Å². The number of nitrogens with one attached hydrogen (secondary N) is 1. The molecule has 13 nitrogen and oxygen atoms in total. The van der Waals surface area contributed by atoms with Crippen molar-refractivity contribution in [3.05, 3.63) is 0 Å². The Balaban J connectivity index is 2.77. The fraction of sp³-hybridized carbons (Fsp3) is 0.829. The molecule has 0 radical (unpaired) electrons. The topological polar surface area (TPSA) is 175 Å². The van der Waals surface area contributed by atoms with Crippen LogP contribution in [0, 0.1) is 0 Å². The van der Waals surface area contributed by atoms with Gasteiger partial charge in [-0.15, -0.1) is 11.8 Å². The number of esters is 4. The molecule has 0 aromatic heterocycles. The number of amides is 2. The van der Waals surface area contributed by atoms with Crippen LogP contribution < -0.4 is 5.32 Å². The van der Waals surface area contributed by atoms with Crippen molar-refractivity contribution in [3.63, 3.8) is 0 Å². The van der Waals surface area contributed by atoms with E-state index in [9.17, 15) is 33.9 Å². The lowest BCUT2D eigenvalue weighted by atomic mass is 10.0. The van der Waals surface area contributed by atoms with E-state index in [1.54, 1.807) is 0 Å². The third kappa shape index (κ3) is 18.1. The first kappa shape index (κ1) is 44.2. The third-order valence-corrected chi connectivity index (χ3v) is 9.58. The number of nitrogens with zero attached hydrogens (tertiary/aromatic N) is 1. The molecule has 0 bridgehead atoms. The van der Waals surface area contributed by atoms with Crippen LogP contribution in [0.5, 0.6) is 0 Å². The highest BCUT2D eigenvalue weighted by Crippen LogP contribution is 2.35. The second kappa shape index (κ2) is 25.1. The first-order chi connectivity index (χ1) is 23.3. The predicted molar refractivity (Wildman–Crippen MR) is 185 cm³/mol. The molecule has 0 aromatic carbocycles. The molecule has 1 rings (SSSR count). The lowest BCUT2D eigenvalue weighted by Crippen LogP contribution is -2.58. The van der Waals surface area contributed by atoms with Gasteiger partial charge in [0.15, 0.2) is 18.3 Å². The summed E-state index contributed by atoms with van der Waals surface area (Å²) in [6, 6.07) is -0.913. The van der Waals surface area contributed by atoms with Crippen molar-refractivity contribution in [3.8, 4) is 0 Å². The smallest absolute Gasteiger partial charge is 0.303 e. The van der Waals surface area contributed by atoms with Crippen LogP contribution in [0.15, 0.2) is 0 Å². The van der Waals surface area contributed by atoms with Crippen molar-refractivity contribution in [2.45, 2.75) is 167 Å². The van der Waals surface area contributed by atoms with Gasteiger partial charge in [0, 0.05) is 46.9 Å². The highest BCUT2D eigenvalue weighted by atomic mass is 32.2. The molecule has 1 aliphatic heterocycles. The van der Waals surface area contributed by atoms with E-state index in [0.29, 0.717) is 6.54 Å². The molecule has 1 heterocycles. The molecule has 1 fully saturated rings. The molecule has 14 heteroatoms. The van der Waals surface area contributed by atoms with Crippen LogP contribution in [0.3, 0.4) is 0 Å². The van der Waals surface area contributed by atoms with Gasteiger partial charge in [0.1, 0.15) is 24.1 Å². The second-order valence-electron chi connectivity index (χ2n) is 12.6. The van der Waals surface area contributed by atoms with E-state index in [1.807, 2.05) is 0 Å². The van der Waals surface area contributed by atoms with Gasteiger partial charge in [-0.2, -0.15) is 0 Å². The van der Waals surface area contributed by atoms with Gasteiger partial charge in [-0.05, 0) is 6.42 Å². The van der Waals surface area contributed by atoms with Gasteiger partial charge < -0.3 is 34.3 Å². The zero-order valence-corrected chi connectivity index (χ0v) is 31.2. The summed E-state index contributed by atoms with van der Waals surface area (Å²) < 4.78 is 21.0. The standard InChI is InChI=1S/C35H60N2O11S/c1-7-8-9-10-11-12-13-14-15-16-17-18-19-20-21-36-34(44)29-23-49-35(37(29)24(2)38)31(43)33(48-28(6)42)32(47-27(5)41)30(46-26(4)40)22-45-25(3)39/h29-33,35,43H,7-23H2,1-6H3,(H,36,44)/t29?,30-,31-,32+,33-,35?/m1/s1. The molecule has 0 aromatic rings. The molecule has 1 aliphatic rings. The molecule has 2 unspecified atom stereocenters. The number of hydrogen-bond acceptors (Lipinski definition) is 12. The van der Waals surface area contributed by atoms with Gasteiger partial charge in [0.2, 0.25) is 11.8 Å². The summed E-state index contributed by atoms with van der Waals surface area (Å²) in [4.78, 5) is 74.9. The average molecular weight is 717 g/mol. The van der Waals surface area contributed by atoms with E-state index < -0.39 is 72.2 Å². The van der Waals surface area contributed by atoms with Gasteiger partial charge in [-0.3, -0.25) is 28.8 Å². The van der Waals surface area contributed by atoms with Crippen LogP contribution in [0.4, 0.5) is 0 Å². The maximum absolute atomic E-state index is 13.2. The van der Waals surface area contributed by atoms with E-state index in [1.165, 1.54) is 82.5 Å². The monoisotopic (exact) mass is 716 g/mol. The number of carbonyl (C=O) groups excluding carboxylic acids is 6. The van der Waals surface area contributed by atoms with Crippen LogP contribution in [0.2, 0.25) is 0 Å². The van der Waals surface area contributed by atoms with Gasteiger partial charge in [-0.25, -0.2) is 0 Å². The Morgan fingerprint density at radius 2 is 1.16 bits per heavy atom. The van der Waals surface area contributed by atoms with Crippen molar-refractivity contribution in [1.82, 2.24) is 10.2 Å². The normalized spacial score (nSPS) is 18.1. The Labute approximate surface area is 296 Å². The maximum atomic E-state index is 13.2. The fourth-order valence-electron chi connectivity index (χ4n) is 5.88. The Kier molecular flexibility index (Phi) is 22.7. The fourth-order valence-corrected chi connectivity index (χ4v) is 7.38. The number of thioether (sulfide) groups is 1. The first-order valence-corrected chi connectivity index (χ1v) is 18.9. The van der Waals surface area contributed by atoms with Crippen molar-refractivity contribution in [1.29, 1.82) is 0 Å². The number of hydrogen-bond donors (Lipinski definition) is 2. The predicted octanol–water partition coefficient (Wildman–Crippen LogP) is 4.59. The minimum absolute atomic E-state index is 0.151. The zero-order chi connectivity index (χ0) is 36.8. The minimum atomic E-state index is -1.71. The number of aliphatic hydroxyl groups excluding tert-OH is 1. The molecule has 49 heavy (non-hydrogen) atoms. The van der Waals surface area contributed by atoms with Crippen LogP contribution in [-0.4, -0.2) is 100 Å². The minimum Gasteiger partial charge on any atom is -0.462 e. The van der Waals surface area contributed by atoms with E-state index >= 15 is 0 Å². The molecule has 2 N–H and O–H groups in total. The molecule has 1 saturated heterocycles. The lowest BCUT2D eigenvalue weighted by molar-refractivity contribution is -0.200. The summed E-state index contributed by atoms with van der Waals surface area (Å²) in [5.41, 5.74) is 0. The summed E-state index contributed by atoms with van der Waals surface area (Å²) in [6.07, 6.45) is 10.7. The van der Waals surface area contributed by atoms with Crippen molar-refractivity contribution < 1.29 is 52.8 Å². The number of aliphatic hydroxyl groups is 1. The Hall–Kier alpha value is -2.87. The SMILES string of the molecule is CCCCCCCCCCCCCCCCNC(=O)C1CSC([C@H](O)[C@@H](OC(C)=O)[C@@H](OC(C)=O)[C@@H](COC(C)=O)OC(C)=O)N1C(C)=O. The molecule has 282 valence electrons. The third-order valence-electron chi connectivity index (χ3n) is 8.22. The summed E-state index contributed by atoms with van der Waals surface area (Å²) >= 11 is 1.09. The Morgan fingerprint density at radius 3 is 1.61 bits per heavy atom. The number of ether oxygens (including phenoxy) is 4. The maximum Gasteiger partial charge on any atom is 0.303 e. The quantitative estimate of drug-likeness (QED) is 0.0765. The van der Waals surface area contributed by atoms with Crippen molar-refractivity contribution >= 4 is 47.5 Å². The highest BCUT2D eigenvalue weighted by molar-refractivity contribution is 8.00. The van der Waals surface area contributed by atoms with Gasteiger partial charge in [0.05, 0.1) is 0 Å². The van der Waals surface area contributed by atoms with E-state index in [4.69, 9.17) is 18.9 Å². The summed E-state index contributed by atoms with van der Waals surface area (Å²) in [6.45, 7) is 7.69. The summed E-state index contributed by atoms with van der Waals surface area (Å²) in [5.74, 6) is -4.00. The van der Waals surface area contributed by atoms with Crippen molar-refractivity contribution in [2.24, 2.45) is 0 Å². The number of carbonyl (C=O) groups is 6. The molecule has 0 spiro atoms. The van der Waals surface area contributed by atoms with Crippen molar-refractivity contribution in [2.75, 3.05) is 18.9 Å². The van der Waals surface area contributed by atoms with Gasteiger partial charge in [-0.1, -0.05) is 90.4 Å². The summed E-state index contributed by atoms with van der Waals surface area (Å²) in [5, 5.41) is 13.4. The van der Waals surface area contributed by atoms with Gasteiger partial charge in [0.25, 0.3) is 0 Å².